The Kier molecular flexibility index (Phi) is 25.9. The zero-order valence-electron chi connectivity index (χ0n) is 61.1. The number of primary amides is 3. The molecular weight excluding hydrogens is 1460 g/mol. The molecule has 566 valence electrons. The van der Waals surface area contributed by atoms with E-state index in [-0.39, 0.29) is 77.2 Å². The fourth-order valence-electron chi connectivity index (χ4n) is 13.2. The van der Waals surface area contributed by atoms with E-state index in [4.69, 9.17) is 42.1 Å². The third kappa shape index (κ3) is 19.3. The lowest BCUT2D eigenvalue weighted by Gasteiger charge is -2.32. The number of pyridine rings is 3. The van der Waals surface area contributed by atoms with Gasteiger partial charge in [-0.25, -0.2) is 58.0 Å². The number of aromatic amines is 3. The van der Waals surface area contributed by atoms with Crippen molar-refractivity contribution in [3.8, 4) is 34.2 Å². The predicted molar refractivity (Wildman–Crippen MR) is 422 cm³/mol. The summed E-state index contributed by atoms with van der Waals surface area (Å²) in [6.45, 7) is 17.2. The summed E-state index contributed by atoms with van der Waals surface area (Å²) in [5, 5.41) is 23.4. The molecule has 3 aliphatic rings. The van der Waals surface area contributed by atoms with E-state index >= 15 is 0 Å². The molecule has 12 heterocycles. The Morgan fingerprint density at radius 3 is 1.06 bits per heavy atom. The zero-order valence-corrected chi connectivity index (χ0v) is 62.7. The smallest absolute Gasteiger partial charge is 0.290 e. The number of hydrogen-bond donors (Lipinski definition) is 11. The average Bonchev–Trinajstić information content (AvgIpc) is 1.68. The number of aromatic nitrogens is 12. The number of carbonyl (C=O) groups excluding carboxylic acids is 3. The molecule has 109 heavy (non-hydrogen) atoms. The number of carboxylic acid groups (broad SMARTS) is 1. The predicted octanol–water partition coefficient (Wildman–Crippen LogP) is 14.4. The number of amides is 3. The summed E-state index contributed by atoms with van der Waals surface area (Å²) in [6, 6.07) is 24.3. The molecule has 0 saturated carbocycles. The monoisotopic (exact) mass is 1550 g/mol. The van der Waals surface area contributed by atoms with Gasteiger partial charge in [-0.2, -0.15) is 0 Å². The van der Waals surface area contributed by atoms with Gasteiger partial charge in [0.2, 0.25) is 17.7 Å². The third-order valence-electron chi connectivity index (χ3n) is 19.2. The molecule has 3 aliphatic heterocycles. The van der Waals surface area contributed by atoms with Crippen LogP contribution in [0.5, 0.6) is 0 Å². The standard InChI is InChI=1S/2C26H28FN7O.C20H17BrFN5.C6H12N2O.CH2O2/c2*1-15(2)19-13-30-24(17-3-5-18(27)6-4-17)33-25(19)32-20-7-10-29-26-22(20)21(14-31-26)34-11-8-16(9-12-34)23(28)35;1-11(2)14-9-24-18(12-3-5-13(22)6-4-12)27-19(14)26-16-7-8-23-20-17(16)15(21)10-25-20;7-6(9)5-1-3-8-4-2-5;2-1-3/h2*3-7,10,13-16H,8-9,11-12H2,1-2H3,(H2,28,35)(H2,29,30,31,32,33);3-11H,1-2H3,(H2,23,24,25,26,27);5,8H,1-4H2,(H2,7,9);1H,(H,2,3). The van der Waals surface area contributed by atoms with Crippen LogP contribution in [-0.2, 0) is 19.2 Å². The molecule has 15 rings (SSSR count). The molecule has 3 saturated heterocycles. The maximum atomic E-state index is 13.4. The Morgan fingerprint density at radius 1 is 0.468 bits per heavy atom. The number of rotatable bonds is 17. The Labute approximate surface area is 635 Å². The minimum atomic E-state index is -0.301. The molecule has 9 aromatic heterocycles. The Morgan fingerprint density at radius 2 is 0.761 bits per heavy atom. The van der Waals surface area contributed by atoms with E-state index < -0.39 is 0 Å². The van der Waals surface area contributed by atoms with Crippen LogP contribution in [0.1, 0.15) is 115 Å². The summed E-state index contributed by atoms with van der Waals surface area (Å²) in [4.78, 5) is 97.5. The van der Waals surface area contributed by atoms with Crippen LogP contribution >= 0.6 is 15.9 Å². The minimum absolute atomic E-state index is 0.0772. The molecule has 3 amide bonds. The van der Waals surface area contributed by atoms with Gasteiger partial charge >= 0.3 is 0 Å². The second-order valence-electron chi connectivity index (χ2n) is 27.4. The first-order chi connectivity index (χ1) is 52.5. The topological polar surface area (TPSA) is 385 Å². The molecule has 0 aliphatic carbocycles. The lowest BCUT2D eigenvalue weighted by molar-refractivity contribution is -0.123. The van der Waals surface area contributed by atoms with Crippen LogP contribution in [0.15, 0.2) is 151 Å². The van der Waals surface area contributed by atoms with Crippen molar-refractivity contribution >= 4 is 119 Å². The van der Waals surface area contributed by atoms with E-state index in [1.165, 1.54) is 36.4 Å². The number of hydrogen-bond acceptors (Lipinski definition) is 19. The Balaban J connectivity index is 0.000000152. The molecule has 3 aromatic carbocycles. The summed E-state index contributed by atoms with van der Waals surface area (Å²) in [5.74, 6) is 2.80. The highest BCUT2D eigenvalue weighted by molar-refractivity contribution is 9.10. The van der Waals surface area contributed by atoms with Crippen molar-refractivity contribution in [1.82, 2.24) is 65.1 Å². The molecule has 12 aromatic rings. The molecule has 26 nitrogen and oxygen atoms in total. The van der Waals surface area contributed by atoms with Crippen molar-refractivity contribution in [1.29, 1.82) is 0 Å². The van der Waals surface area contributed by atoms with Crippen LogP contribution in [-0.4, -0.2) is 128 Å². The van der Waals surface area contributed by atoms with E-state index in [1.54, 1.807) is 55.0 Å². The number of H-pyrrole nitrogens is 3. The van der Waals surface area contributed by atoms with Crippen LogP contribution in [0.2, 0.25) is 0 Å². The van der Waals surface area contributed by atoms with Crippen molar-refractivity contribution in [2.45, 2.75) is 97.8 Å². The number of halogens is 4. The number of anilines is 8. The van der Waals surface area contributed by atoms with Crippen molar-refractivity contribution in [3.63, 3.8) is 0 Å². The van der Waals surface area contributed by atoms with Gasteiger partial charge in [0.15, 0.2) is 17.5 Å². The maximum Gasteiger partial charge on any atom is 0.290 e. The van der Waals surface area contributed by atoms with Crippen molar-refractivity contribution in [2.75, 3.05) is 65.0 Å². The SMILES string of the molecule is CC(C)c1cnc(-c2ccc(F)cc2)nc1Nc1ccnc2[nH]cc(Br)c12.CC(C)c1cnc(-c2ccc(F)cc2)nc1Nc1ccnc2[nH]cc(N3CCC(C(N)=O)CC3)c12.CC(C)c1cnc(-c2ccc(F)cc2)nc1Nc1ccnc2[nH]cc(N3CCC(C(N)=O)CC3)c12.NC(=O)C1CCNCC1.O=CO. The number of nitrogens with one attached hydrogen (secondary N) is 7. The molecule has 0 bridgehead atoms. The fourth-order valence-corrected chi connectivity index (χ4v) is 13.7. The van der Waals surface area contributed by atoms with Gasteiger partial charge in [-0.05, 0) is 176 Å². The summed E-state index contributed by atoms with van der Waals surface area (Å²) < 4.78 is 41.0. The number of carbonyl (C=O) groups is 4. The lowest BCUT2D eigenvalue weighted by Crippen LogP contribution is -2.38. The van der Waals surface area contributed by atoms with Crippen LogP contribution in [0.3, 0.4) is 0 Å². The van der Waals surface area contributed by atoms with E-state index in [0.29, 0.717) is 29.1 Å². The highest BCUT2D eigenvalue weighted by atomic mass is 79.9. The summed E-state index contributed by atoms with van der Waals surface area (Å²) in [6.07, 6.45) is 21.2. The largest absolute Gasteiger partial charge is 0.483 e. The van der Waals surface area contributed by atoms with E-state index in [0.717, 1.165) is 183 Å². The number of nitrogens with zero attached hydrogens (tertiary/aromatic N) is 11. The van der Waals surface area contributed by atoms with Gasteiger partial charge in [0.1, 0.15) is 51.8 Å². The van der Waals surface area contributed by atoms with Gasteiger partial charge in [-0.1, -0.05) is 41.5 Å². The third-order valence-corrected chi connectivity index (χ3v) is 19.9. The molecule has 0 atom stereocenters. The number of benzene rings is 3. The molecular formula is C79H87BrF3N21O5. The normalized spacial score (nSPS) is 14.1. The van der Waals surface area contributed by atoms with Crippen LogP contribution < -0.4 is 48.3 Å². The fraction of sp³-hybridized carbons (Fsp3) is 0.304. The minimum Gasteiger partial charge on any atom is -0.483 e. The van der Waals surface area contributed by atoms with E-state index in [9.17, 15) is 27.6 Å². The Bertz CT molecular complexity index is 4900. The summed E-state index contributed by atoms with van der Waals surface area (Å²) >= 11 is 3.56. The number of piperidine rings is 3. The number of fused-ring (bicyclic) bond motifs is 3. The number of nitrogens with two attached hydrogens (primary N) is 3. The molecule has 0 spiro atoms. The lowest BCUT2D eigenvalue weighted by atomic mass is 9.96. The maximum absolute atomic E-state index is 13.4. The zero-order chi connectivity index (χ0) is 77.4. The molecule has 3 fully saturated rings. The van der Waals surface area contributed by atoms with E-state index in [1.807, 2.05) is 55.4 Å². The average molecular weight is 1550 g/mol. The summed E-state index contributed by atoms with van der Waals surface area (Å²) in [5.41, 5.74) is 28.3. The van der Waals surface area contributed by atoms with Crippen molar-refractivity contribution in [2.24, 2.45) is 35.0 Å². The van der Waals surface area contributed by atoms with Gasteiger partial charge in [-0.3, -0.25) is 19.2 Å². The highest BCUT2D eigenvalue weighted by Crippen LogP contribution is 2.41. The highest BCUT2D eigenvalue weighted by Gasteiger charge is 2.29. The Hall–Kier alpha value is -11.9. The van der Waals surface area contributed by atoms with Gasteiger partial charge in [0, 0.05) is 138 Å². The molecule has 30 heteroatoms. The van der Waals surface area contributed by atoms with Gasteiger partial charge < -0.3 is 68.3 Å². The van der Waals surface area contributed by atoms with Gasteiger partial charge in [0.25, 0.3) is 6.47 Å². The first kappa shape index (κ1) is 78.2. The van der Waals surface area contributed by atoms with Crippen LogP contribution in [0.4, 0.5) is 59.1 Å². The molecule has 0 unspecified atom stereocenters. The summed E-state index contributed by atoms with van der Waals surface area (Å²) in [7, 11) is 0. The quantitative estimate of drug-likeness (QED) is 0.0377. The van der Waals surface area contributed by atoms with Crippen LogP contribution in [0.25, 0.3) is 67.3 Å². The van der Waals surface area contributed by atoms with Gasteiger partial charge in [-0.15, -0.1) is 0 Å². The van der Waals surface area contributed by atoms with E-state index in [2.05, 4.69) is 133 Å². The van der Waals surface area contributed by atoms with Gasteiger partial charge in [0.05, 0.1) is 44.6 Å². The molecule has 0 radical (unpaired) electrons. The second kappa shape index (κ2) is 36.1. The first-order valence-electron chi connectivity index (χ1n) is 36.0. The molecule has 14 N–H and O–H groups in total. The second-order valence-corrected chi connectivity index (χ2v) is 28.3. The van der Waals surface area contributed by atoms with Crippen molar-refractivity contribution in [3.05, 3.63) is 185 Å². The van der Waals surface area contributed by atoms with Crippen LogP contribution in [0, 0.1) is 35.2 Å². The van der Waals surface area contributed by atoms with Crippen molar-refractivity contribution < 1.29 is 37.5 Å². The first-order valence-corrected chi connectivity index (χ1v) is 36.7.